The van der Waals surface area contributed by atoms with Crippen LogP contribution in [0.1, 0.15) is 17.9 Å². The Labute approximate surface area is 125 Å². The number of carbonyl (C=O) groups is 1. The van der Waals surface area contributed by atoms with Crippen LogP contribution in [-0.2, 0) is 0 Å². The van der Waals surface area contributed by atoms with Gasteiger partial charge in [0, 0.05) is 29.5 Å². The van der Waals surface area contributed by atoms with E-state index in [1.807, 2.05) is 6.07 Å². The maximum absolute atomic E-state index is 11.2. The van der Waals surface area contributed by atoms with E-state index in [9.17, 15) is 9.90 Å². The molecular formula is C14H15BrN2O3. The highest BCUT2D eigenvalue weighted by atomic mass is 79.9. The van der Waals surface area contributed by atoms with Crippen molar-refractivity contribution in [1.82, 2.24) is 4.90 Å². The molecule has 0 spiro atoms. The quantitative estimate of drug-likeness (QED) is 0.789. The van der Waals surface area contributed by atoms with Gasteiger partial charge in [-0.15, -0.1) is 0 Å². The third kappa shape index (κ3) is 1.63. The van der Waals surface area contributed by atoms with E-state index in [0.717, 1.165) is 23.2 Å². The van der Waals surface area contributed by atoms with Crippen molar-refractivity contribution in [3.63, 3.8) is 0 Å². The SMILES string of the molecule is O=C(O)N1CC[C@H]2[C@@H](C1)c1cc(Br)cc3c1N2CCO3. The number of fused-ring (bicyclic) bond motifs is 3. The number of benzene rings is 1. The molecule has 0 bridgehead atoms. The van der Waals surface area contributed by atoms with Crippen LogP contribution in [0.5, 0.6) is 5.75 Å². The molecule has 1 fully saturated rings. The Morgan fingerprint density at radius 3 is 3.05 bits per heavy atom. The van der Waals surface area contributed by atoms with Crippen LogP contribution in [0.25, 0.3) is 0 Å². The van der Waals surface area contributed by atoms with Crippen LogP contribution in [0.15, 0.2) is 16.6 Å². The van der Waals surface area contributed by atoms with Crippen molar-refractivity contribution in [3.05, 3.63) is 22.2 Å². The standard InChI is InChI=1S/C14H15BrN2O3/c15-8-5-9-10-7-16(14(18)19)2-1-11(10)17-3-4-20-12(6-8)13(9)17/h5-6,10-11H,1-4,7H2,(H,18,19)/t10-,11-/m0/s1. The van der Waals surface area contributed by atoms with Crippen molar-refractivity contribution in [2.75, 3.05) is 31.1 Å². The minimum absolute atomic E-state index is 0.257. The van der Waals surface area contributed by atoms with E-state index < -0.39 is 6.09 Å². The largest absolute Gasteiger partial charge is 0.490 e. The monoisotopic (exact) mass is 338 g/mol. The minimum atomic E-state index is -0.815. The molecule has 0 radical (unpaired) electrons. The van der Waals surface area contributed by atoms with Crippen molar-refractivity contribution in [1.29, 1.82) is 0 Å². The Morgan fingerprint density at radius 1 is 1.40 bits per heavy atom. The van der Waals surface area contributed by atoms with Crippen LogP contribution >= 0.6 is 15.9 Å². The molecule has 1 aromatic rings. The predicted molar refractivity (Wildman–Crippen MR) is 77.7 cm³/mol. The normalized spacial score (nSPS) is 26.9. The number of ether oxygens (including phenoxy) is 1. The molecule has 3 heterocycles. The smallest absolute Gasteiger partial charge is 0.407 e. The third-order valence-corrected chi connectivity index (χ3v) is 5.05. The topological polar surface area (TPSA) is 53.0 Å². The van der Waals surface area contributed by atoms with E-state index in [1.165, 1.54) is 16.2 Å². The first-order valence-corrected chi connectivity index (χ1v) is 7.65. The molecule has 0 saturated carbocycles. The summed E-state index contributed by atoms with van der Waals surface area (Å²) in [6, 6.07) is 4.55. The second kappa shape index (κ2) is 4.28. The van der Waals surface area contributed by atoms with Gasteiger partial charge in [0.1, 0.15) is 12.4 Å². The van der Waals surface area contributed by atoms with E-state index in [-0.39, 0.29) is 5.92 Å². The van der Waals surface area contributed by atoms with Gasteiger partial charge in [-0.2, -0.15) is 0 Å². The van der Waals surface area contributed by atoms with E-state index in [1.54, 1.807) is 0 Å². The fraction of sp³-hybridized carbons (Fsp3) is 0.500. The Bertz CT molecular complexity index is 592. The molecule has 106 valence electrons. The third-order valence-electron chi connectivity index (χ3n) is 4.59. The lowest BCUT2D eigenvalue weighted by atomic mass is 9.89. The lowest BCUT2D eigenvalue weighted by molar-refractivity contribution is 0.126. The maximum atomic E-state index is 11.2. The van der Waals surface area contributed by atoms with Crippen molar-refractivity contribution in [3.8, 4) is 5.75 Å². The summed E-state index contributed by atoms with van der Waals surface area (Å²) in [5.74, 6) is 1.18. The Hall–Kier alpha value is -1.43. The summed E-state index contributed by atoms with van der Waals surface area (Å²) in [5.41, 5.74) is 2.41. The maximum Gasteiger partial charge on any atom is 0.407 e. The molecule has 6 heteroatoms. The molecule has 4 rings (SSSR count). The van der Waals surface area contributed by atoms with Crippen LogP contribution < -0.4 is 9.64 Å². The van der Waals surface area contributed by atoms with Gasteiger partial charge >= 0.3 is 6.09 Å². The molecule has 2 atom stereocenters. The summed E-state index contributed by atoms with van der Waals surface area (Å²) >= 11 is 3.53. The van der Waals surface area contributed by atoms with Gasteiger partial charge in [-0.3, -0.25) is 0 Å². The number of carboxylic acid groups (broad SMARTS) is 1. The number of amides is 1. The fourth-order valence-electron chi connectivity index (χ4n) is 3.78. The van der Waals surface area contributed by atoms with Crippen molar-refractivity contribution < 1.29 is 14.6 Å². The molecule has 1 saturated heterocycles. The summed E-state index contributed by atoms with van der Waals surface area (Å²) in [7, 11) is 0. The number of nitrogens with zero attached hydrogens (tertiary/aromatic N) is 2. The van der Waals surface area contributed by atoms with E-state index in [4.69, 9.17) is 4.74 Å². The van der Waals surface area contributed by atoms with Gasteiger partial charge in [0.25, 0.3) is 0 Å². The molecule has 0 aromatic heterocycles. The zero-order valence-electron chi connectivity index (χ0n) is 10.9. The van der Waals surface area contributed by atoms with E-state index in [0.29, 0.717) is 25.7 Å². The van der Waals surface area contributed by atoms with Crippen LogP contribution in [0.2, 0.25) is 0 Å². The lowest BCUT2D eigenvalue weighted by Gasteiger charge is -2.38. The van der Waals surface area contributed by atoms with Crippen LogP contribution in [0.3, 0.4) is 0 Å². The molecular weight excluding hydrogens is 324 g/mol. The van der Waals surface area contributed by atoms with Gasteiger partial charge in [0.05, 0.1) is 12.2 Å². The average molecular weight is 339 g/mol. The van der Waals surface area contributed by atoms with E-state index in [2.05, 4.69) is 26.9 Å². The second-order valence-electron chi connectivity index (χ2n) is 5.57. The Morgan fingerprint density at radius 2 is 2.25 bits per heavy atom. The first kappa shape index (κ1) is 12.3. The van der Waals surface area contributed by atoms with Crippen molar-refractivity contribution in [2.24, 2.45) is 0 Å². The number of halogens is 1. The van der Waals surface area contributed by atoms with Gasteiger partial charge < -0.3 is 19.6 Å². The highest BCUT2D eigenvalue weighted by molar-refractivity contribution is 9.10. The van der Waals surface area contributed by atoms with Crippen molar-refractivity contribution in [2.45, 2.75) is 18.4 Å². The average Bonchev–Trinajstić information content (AvgIpc) is 2.74. The number of hydrogen-bond donors (Lipinski definition) is 1. The zero-order chi connectivity index (χ0) is 13.9. The van der Waals surface area contributed by atoms with Crippen LogP contribution in [-0.4, -0.2) is 48.4 Å². The molecule has 0 unspecified atom stereocenters. The summed E-state index contributed by atoms with van der Waals surface area (Å²) in [5, 5.41) is 9.23. The van der Waals surface area contributed by atoms with Gasteiger partial charge in [-0.1, -0.05) is 15.9 Å². The number of likely N-dealkylation sites (tertiary alicyclic amines) is 1. The molecule has 3 aliphatic heterocycles. The minimum Gasteiger partial charge on any atom is -0.490 e. The molecule has 1 N–H and O–H groups in total. The Balaban J connectivity index is 1.79. The number of anilines is 1. The molecule has 0 aliphatic carbocycles. The lowest BCUT2D eigenvalue weighted by Crippen LogP contribution is -2.49. The number of rotatable bonds is 0. The van der Waals surface area contributed by atoms with Crippen LogP contribution in [0, 0.1) is 0 Å². The summed E-state index contributed by atoms with van der Waals surface area (Å²) in [4.78, 5) is 15.2. The molecule has 1 aromatic carbocycles. The van der Waals surface area contributed by atoms with Crippen LogP contribution in [0.4, 0.5) is 10.5 Å². The van der Waals surface area contributed by atoms with Gasteiger partial charge in [0.15, 0.2) is 0 Å². The zero-order valence-corrected chi connectivity index (χ0v) is 12.5. The summed E-state index contributed by atoms with van der Waals surface area (Å²) < 4.78 is 6.78. The first-order valence-electron chi connectivity index (χ1n) is 6.86. The molecule has 5 nitrogen and oxygen atoms in total. The first-order chi connectivity index (χ1) is 9.65. The number of hydrogen-bond acceptors (Lipinski definition) is 3. The fourth-order valence-corrected chi connectivity index (χ4v) is 4.24. The molecule has 20 heavy (non-hydrogen) atoms. The van der Waals surface area contributed by atoms with Gasteiger partial charge in [-0.05, 0) is 24.1 Å². The van der Waals surface area contributed by atoms with Crippen molar-refractivity contribution >= 4 is 27.7 Å². The van der Waals surface area contributed by atoms with Gasteiger partial charge in [0.2, 0.25) is 0 Å². The van der Waals surface area contributed by atoms with E-state index >= 15 is 0 Å². The number of piperidine rings is 1. The highest BCUT2D eigenvalue weighted by Crippen LogP contribution is 2.51. The summed E-state index contributed by atoms with van der Waals surface area (Å²) in [6.07, 6.45) is 0.0766. The second-order valence-corrected chi connectivity index (χ2v) is 6.49. The predicted octanol–water partition coefficient (Wildman–Crippen LogP) is 2.50. The summed E-state index contributed by atoms with van der Waals surface area (Å²) in [6.45, 7) is 2.81. The Kier molecular flexibility index (Phi) is 2.64. The molecule has 3 aliphatic rings. The molecule has 1 amide bonds. The highest BCUT2D eigenvalue weighted by Gasteiger charge is 2.45. The van der Waals surface area contributed by atoms with Gasteiger partial charge in [-0.25, -0.2) is 4.79 Å².